The Labute approximate surface area is 225 Å². The van der Waals surface area contributed by atoms with Crippen molar-refractivity contribution in [2.75, 3.05) is 6.61 Å². The first-order chi connectivity index (χ1) is 16.7. The molecule has 0 aromatic rings. The number of aliphatic hydroxyl groups is 2. The predicted molar refractivity (Wildman–Crippen MR) is 149 cm³/mol. The van der Waals surface area contributed by atoms with Crippen LogP contribution in [0.25, 0.3) is 0 Å². The van der Waals surface area contributed by atoms with E-state index in [4.69, 9.17) is 13.6 Å². The topological polar surface area (TPSA) is 102 Å². The molecule has 1 saturated carbocycles. The number of fused-ring (bicyclic) bond motifs is 1. The van der Waals surface area contributed by atoms with Crippen molar-refractivity contribution < 1.29 is 33.4 Å². The third-order valence-electron chi connectivity index (χ3n) is 10.2. The highest BCUT2D eigenvalue weighted by atomic mass is 28.4. The van der Waals surface area contributed by atoms with Crippen LogP contribution in [-0.4, -0.2) is 69.1 Å². The fraction of sp³-hybridized carbons (Fsp3) is 0.857. The first-order valence-corrected chi connectivity index (χ1v) is 18.9. The standard InChI is InChI=1S/C28H50O7Si2/c1-16(2)37(17(3)4,18(5)6)35-20-13-19(7)28-23(30)21(25(32)34-28)22(29)24(31)27(28,14-20)15-33-36(11,12)26(8,9)10/h13,16-18,20-22,24,29,31H,14-15H2,1-12H3/t20-,21+,22-,24+,27+,28+/m0/s1. The van der Waals surface area contributed by atoms with E-state index in [1.54, 1.807) is 6.92 Å². The smallest absolute Gasteiger partial charge is 0.320 e. The van der Waals surface area contributed by atoms with E-state index in [2.05, 4.69) is 75.4 Å². The van der Waals surface area contributed by atoms with Gasteiger partial charge in [-0.25, -0.2) is 0 Å². The Morgan fingerprint density at radius 2 is 1.57 bits per heavy atom. The Bertz CT molecular complexity index is 929. The van der Waals surface area contributed by atoms with Crippen molar-refractivity contribution in [2.24, 2.45) is 11.3 Å². The van der Waals surface area contributed by atoms with Crippen LogP contribution in [0.2, 0.25) is 34.8 Å². The molecule has 0 aromatic heterocycles. The van der Waals surface area contributed by atoms with Crippen LogP contribution in [0, 0.1) is 11.3 Å². The van der Waals surface area contributed by atoms with Crippen molar-refractivity contribution in [3.05, 3.63) is 11.6 Å². The van der Waals surface area contributed by atoms with Gasteiger partial charge in [-0.2, -0.15) is 0 Å². The minimum Gasteiger partial charge on any atom is -0.445 e. The molecule has 9 heteroatoms. The lowest BCUT2D eigenvalue weighted by Crippen LogP contribution is -2.72. The average Bonchev–Trinajstić information content (AvgIpc) is 2.98. The second-order valence-electron chi connectivity index (χ2n) is 14.1. The zero-order valence-electron chi connectivity index (χ0n) is 25.0. The van der Waals surface area contributed by atoms with Crippen LogP contribution in [-0.2, 0) is 23.2 Å². The van der Waals surface area contributed by atoms with Gasteiger partial charge in [-0.15, -0.1) is 0 Å². The Morgan fingerprint density at radius 1 is 1.05 bits per heavy atom. The van der Waals surface area contributed by atoms with Crippen LogP contribution >= 0.6 is 0 Å². The van der Waals surface area contributed by atoms with Gasteiger partial charge in [-0.05, 0) is 53.7 Å². The van der Waals surface area contributed by atoms with E-state index in [9.17, 15) is 19.8 Å². The van der Waals surface area contributed by atoms with Crippen LogP contribution < -0.4 is 0 Å². The monoisotopic (exact) mass is 554 g/mol. The lowest BCUT2D eigenvalue weighted by Gasteiger charge is -2.57. The van der Waals surface area contributed by atoms with Crippen LogP contribution in [0.5, 0.6) is 0 Å². The van der Waals surface area contributed by atoms with E-state index in [0.717, 1.165) is 0 Å². The molecule has 0 radical (unpaired) electrons. The number of Topliss-reactive ketones (excluding diaryl/α,β-unsaturated/α-hetero) is 1. The highest BCUT2D eigenvalue weighted by molar-refractivity contribution is 6.77. The van der Waals surface area contributed by atoms with Gasteiger partial charge in [-0.1, -0.05) is 68.4 Å². The van der Waals surface area contributed by atoms with Crippen LogP contribution in [0.15, 0.2) is 11.6 Å². The zero-order chi connectivity index (χ0) is 28.5. The third-order valence-corrected chi connectivity index (χ3v) is 20.8. The molecule has 0 amide bonds. The summed E-state index contributed by atoms with van der Waals surface area (Å²) in [6.07, 6.45) is -1.18. The SMILES string of the molecule is CC1=C[C@H](O[Si](C(C)C)(C(C)C)C(C)C)C[C@@]2(CO[Si](C)(C)C(C)(C)C)[C@H](O)[C@@H](O)[C@H]3C(=O)O[C@@]12C3=O. The van der Waals surface area contributed by atoms with Crippen molar-refractivity contribution in [2.45, 2.75) is 134 Å². The third kappa shape index (κ3) is 4.27. The average molecular weight is 555 g/mol. The second-order valence-corrected chi connectivity index (χ2v) is 24.3. The quantitative estimate of drug-likeness (QED) is 0.186. The molecule has 0 unspecified atom stereocenters. The number of carbonyl (C=O) groups is 2. The summed E-state index contributed by atoms with van der Waals surface area (Å²) in [6, 6.07) is 0. The molecule has 212 valence electrons. The highest BCUT2D eigenvalue weighted by Gasteiger charge is 2.77. The summed E-state index contributed by atoms with van der Waals surface area (Å²) in [5.41, 5.74) is -1.42. The second kappa shape index (κ2) is 9.66. The Morgan fingerprint density at radius 3 is 2.03 bits per heavy atom. The summed E-state index contributed by atoms with van der Waals surface area (Å²) < 4.78 is 19.7. The molecular formula is C28H50O7Si2. The van der Waals surface area contributed by atoms with Gasteiger partial charge in [0.05, 0.1) is 17.6 Å². The highest BCUT2D eigenvalue weighted by Crippen LogP contribution is 2.60. The van der Waals surface area contributed by atoms with E-state index in [1.165, 1.54) is 0 Å². The number of rotatable bonds is 8. The van der Waals surface area contributed by atoms with Crippen molar-refractivity contribution >= 4 is 28.4 Å². The number of esters is 1. The fourth-order valence-corrected chi connectivity index (χ4v) is 13.8. The molecule has 2 aliphatic carbocycles. The number of ketones is 1. The van der Waals surface area contributed by atoms with Gasteiger partial charge in [0.25, 0.3) is 0 Å². The van der Waals surface area contributed by atoms with Crippen molar-refractivity contribution in [1.82, 2.24) is 0 Å². The van der Waals surface area contributed by atoms with E-state index >= 15 is 0 Å². The number of hydrogen-bond acceptors (Lipinski definition) is 7. The molecule has 1 heterocycles. The van der Waals surface area contributed by atoms with Crippen LogP contribution in [0.3, 0.4) is 0 Å². The van der Waals surface area contributed by atoms with Gasteiger partial charge in [0.1, 0.15) is 12.0 Å². The van der Waals surface area contributed by atoms with Gasteiger partial charge in [0.15, 0.2) is 14.1 Å². The predicted octanol–water partition coefficient (Wildman–Crippen LogP) is 5.12. The molecule has 1 spiro atoms. The minimum atomic E-state index is -2.33. The van der Waals surface area contributed by atoms with Gasteiger partial charge in [-0.3, -0.25) is 9.59 Å². The first-order valence-electron chi connectivity index (χ1n) is 13.9. The number of aliphatic hydroxyl groups excluding tert-OH is 2. The van der Waals surface area contributed by atoms with Gasteiger partial charge in [0, 0.05) is 6.61 Å². The summed E-state index contributed by atoms with van der Waals surface area (Å²) in [4.78, 5) is 26.7. The maximum atomic E-state index is 13.8. The maximum absolute atomic E-state index is 13.8. The normalized spacial score (nSPS) is 34.8. The molecule has 37 heavy (non-hydrogen) atoms. The minimum absolute atomic E-state index is 0.00189. The summed E-state index contributed by atoms with van der Waals surface area (Å²) in [7, 11) is -4.66. The van der Waals surface area contributed by atoms with Gasteiger partial charge in [0.2, 0.25) is 13.9 Å². The number of hydrogen-bond donors (Lipinski definition) is 2. The van der Waals surface area contributed by atoms with E-state index < -0.39 is 63.6 Å². The molecule has 0 aromatic carbocycles. The summed E-state index contributed by atoms with van der Waals surface area (Å²) in [5, 5.41) is 22.7. The molecule has 7 nitrogen and oxygen atoms in total. The van der Waals surface area contributed by atoms with Crippen LogP contribution in [0.4, 0.5) is 0 Å². The van der Waals surface area contributed by atoms with Gasteiger partial charge < -0.3 is 23.8 Å². The van der Waals surface area contributed by atoms with E-state index in [-0.39, 0.29) is 18.1 Å². The van der Waals surface area contributed by atoms with E-state index in [0.29, 0.717) is 22.2 Å². The molecule has 1 saturated heterocycles. The maximum Gasteiger partial charge on any atom is 0.320 e. The van der Waals surface area contributed by atoms with Crippen molar-refractivity contribution in [1.29, 1.82) is 0 Å². The molecule has 2 N–H and O–H groups in total. The lowest BCUT2D eigenvalue weighted by atomic mass is 9.52. The van der Waals surface area contributed by atoms with Crippen molar-refractivity contribution in [3.8, 4) is 0 Å². The Kier molecular flexibility index (Phi) is 8.01. The molecule has 3 rings (SSSR count). The number of ether oxygens (including phenoxy) is 1. The van der Waals surface area contributed by atoms with Gasteiger partial charge >= 0.3 is 5.97 Å². The van der Waals surface area contributed by atoms with Crippen molar-refractivity contribution in [3.63, 3.8) is 0 Å². The largest absolute Gasteiger partial charge is 0.445 e. The zero-order valence-corrected chi connectivity index (χ0v) is 27.0. The Balaban J connectivity index is 2.19. The lowest BCUT2D eigenvalue weighted by molar-refractivity contribution is -0.202. The fourth-order valence-electron chi connectivity index (χ4n) is 7.21. The molecule has 6 atom stereocenters. The molecular weight excluding hydrogens is 504 g/mol. The molecule has 1 aliphatic heterocycles. The van der Waals surface area contributed by atoms with Crippen LogP contribution in [0.1, 0.15) is 75.7 Å². The molecule has 2 fully saturated rings. The van der Waals surface area contributed by atoms with E-state index in [1.807, 2.05) is 6.08 Å². The molecule has 3 aliphatic rings. The summed E-state index contributed by atoms with van der Waals surface area (Å²) >= 11 is 0. The Hall–Kier alpha value is -0.846. The first kappa shape index (κ1) is 30.7. The summed E-state index contributed by atoms with van der Waals surface area (Å²) in [5.74, 6) is -2.62. The summed E-state index contributed by atoms with van der Waals surface area (Å²) in [6.45, 7) is 25.7. The number of carbonyl (C=O) groups excluding carboxylic acids is 2. The molecule has 2 bridgehead atoms.